The molecule has 1 aliphatic rings. The SMILES string of the molecule is Cc1ccccc1C1CC1C(=O)NCC(F)(F)CN.Cl. The third-order valence-corrected chi connectivity index (χ3v) is 3.54. The molecule has 1 aliphatic carbocycles. The van der Waals surface area contributed by atoms with Crippen molar-refractivity contribution in [2.24, 2.45) is 11.7 Å². The van der Waals surface area contributed by atoms with Crippen LogP contribution in [-0.2, 0) is 4.79 Å². The van der Waals surface area contributed by atoms with E-state index < -0.39 is 19.0 Å². The minimum Gasteiger partial charge on any atom is -0.350 e. The number of carbonyl (C=O) groups is 1. The first-order valence-electron chi connectivity index (χ1n) is 6.36. The van der Waals surface area contributed by atoms with E-state index in [0.29, 0.717) is 0 Å². The zero-order chi connectivity index (χ0) is 14.0. The van der Waals surface area contributed by atoms with Crippen molar-refractivity contribution >= 4 is 18.3 Å². The molecule has 1 aromatic carbocycles. The minimum atomic E-state index is -3.03. The molecule has 2 rings (SSSR count). The van der Waals surface area contributed by atoms with Gasteiger partial charge in [0.25, 0.3) is 5.92 Å². The van der Waals surface area contributed by atoms with Crippen molar-refractivity contribution in [3.63, 3.8) is 0 Å². The average Bonchev–Trinajstić information content (AvgIpc) is 3.17. The summed E-state index contributed by atoms with van der Waals surface area (Å²) in [5.74, 6) is -3.35. The van der Waals surface area contributed by atoms with Crippen LogP contribution >= 0.6 is 12.4 Å². The molecule has 1 amide bonds. The fraction of sp³-hybridized carbons (Fsp3) is 0.500. The van der Waals surface area contributed by atoms with Gasteiger partial charge in [0.05, 0.1) is 13.1 Å². The molecule has 0 aromatic heterocycles. The van der Waals surface area contributed by atoms with Crippen LogP contribution in [0.25, 0.3) is 0 Å². The van der Waals surface area contributed by atoms with Gasteiger partial charge in [-0.1, -0.05) is 24.3 Å². The third kappa shape index (κ3) is 3.90. The Bertz CT molecular complexity index is 482. The number of rotatable bonds is 5. The van der Waals surface area contributed by atoms with E-state index in [4.69, 9.17) is 5.73 Å². The lowest BCUT2D eigenvalue weighted by Gasteiger charge is -2.14. The number of halogens is 3. The van der Waals surface area contributed by atoms with Gasteiger partial charge in [-0.3, -0.25) is 4.79 Å². The van der Waals surface area contributed by atoms with E-state index in [1.165, 1.54) is 0 Å². The number of alkyl halides is 2. The molecule has 0 spiro atoms. The van der Waals surface area contributed by atoms with Crippen molar-refractivity contribution < 1.29 is 13.6 Å². The molecular formula is C14H19ClF2N2O. The van der Waals surface area contributed by atoms with Crippen molar-refractivity contribution in [1.29, 1.82) is 0 Å². The number of amides is 1. The lowest BCUT2D eigenvalue weighted by atomic mass is 10.0. The van der Waals surface area contributed by atoms with Gasteiger partial charge in [-0.05, 0) is 30.4 Å². The normalized spacial score (nSPS) is 21.0. The van der Waals surface area contributed by atoms with Gasteiger partial charge in [-0.15, -0.1) is 12.4 Å². The highest BCUT2D eigenvalue weighted by molar-refractivity contribution is 5.85. The Kier molecular flexibility index (Phi) is 5.48. The van der Waals surface area contributed by atoms with Crippen LogP contribution in [0.2, 0.25) is 0 Å². The molecule has 20 heavy (non-hydrogen) atoms. The van der Waals surface area contributed by atoms with Gasteiger partial charge in [0.15, 0.2) is 0 Å². The van der Waals surface area contributed by atoms with Crippen LogP contribution in [0, 0.1) is 12.8 Å². The van der Waals surface area contributed by atoms with Crippen LogP contribution in [0.5, 0.6) is 0 Å². The predicted octanol–water partition coefficient (Wildman–Crippen LogP) is 2.23. The molecule has 112 valence electrons. The van der Waals surface area contributed by atoms with Crippen molar-refractivity contribution in [1.82, 2.24) is 5.32 Å². The van der Waals surface area contributed by atoms with Crippen molar-refractivity contribution in [3.8, 4) is 0 Å². The van der Waals surface area contributed by atoms with Gasteiger partial charge in [0.2, 0.25) is 5.91 Å². The predicted molar refractivity (Wildman–Crippen MR) is 76.3 cm³/mol. The highest BCUT2D eigenvalue weighted by Crippen LogP contribution is 2.48. The van der Waals surface area contributed by atoms with E-state index in [9.17, 15) is 13.6 Å². The van der Waals surface area contributed by atoms with E-state index >= 15 is 0 Å². The summed E-state index contributed by atoms with van der Waals surface area (Å²) in [6, 6.07) is 7.85. The Balaban J connectivity index is 0.00000200. The summed E-state index contributed by atoms with van der Waals surface area (Å²) < 4.78 is 25.9. The van der Waals surface area contributed by atoms with E-state index in [0.717, 1.165) is 17.5 Å². The van der Waals surface area contributed by atoms with Crippen LogP contribution in [0.4, 0.5) is 8.78 Å². The lowest BCUT2D eigenvalue weighted by Crippen LogP contribution is -2.42. The van der Waals surface area contributed by atoms with Gasteiger partial charge < -0.3 is 11.1 Å². The fourth-order valence-electron chi connectivity index (χ4n) is 2.25. The van der Waals surface area contributed by atoms with E-state index in [1.54, 1.807) is 0 Å². The zero-order valence-corrected chi connectivity index (χ0v) is 12.1. The Morgan fingerprint density at radius 3 is 2.70 bits per heavy atom. The molecule has 2 atom stereocenters. The molecular weight excluding hydrogens is 286 g/mol. The van der Waals surface area contributed by atoms with Gasteiger partial charge in [0, 0.05) is 5.92 Å². The van der Waals surface area contributed by atoms with E-state index in [2.05, 4.69) is 5.32 Å². The summed E-state index contributed by atoms with van der Waals surface area (Å²) in [6.07, 6.45) is 0.727. The molecule has 3 N–H and O–H groups in total. The summed E-state index contributed by atoms with van der Waals surface area (Å²) in [5, 5.41) is 2.29. The molecule has 2 unspecified atom stereocenters. The third-order valence-electron chi connectivity index (χ3n) is 3.54. The Morgan fingerprint density at radius 2 is 2.10 bits per heavy atom. The average molecular weight is 305 g/mol. The van der Waals surface area contributed by atoms with Gasteiger partial charge >= 0.3 is 0 Å². The van der Waals surface area contributed by atoms with Crippen LogP contribution in [-0.4, -0.2) is 24.9 Å². The monoisotopic (exact) mass is 304 g/mol. The quantitative estimate of drug-likeness (QED) is 0.876. The topological polar surface area (TPSA) is 55.1 Å². The van der Waals surface area contributed by atoms with Crippen LogP contribution < -0.4 is 11.1 Å². The first kappa shape index (κ1) is 16.9. The number of hydrogen-bond donors (Lipinski definition) is 2. The van der Waals surface area contributed by atoms with Crippen LogP contribution in [0.15, 0.2) is 24.3 Å². The summed E-state index contributed by atoms with van der Waals surface area (Å²) in [4.78, 5) is 11.8. The molecule has 1 fully saturated rings. The number of hydrogen-bond acceptors (Lipinski definition) is 2. The zero-order valence-electron chi connectivity index (χ0n) is 11.2. The summed E-state index contributed by atoms with van der Waals surface area (Å²) in [7, 11) is 0. The molecule has 6 heteroatoms. The standard InChI is InChI=1S/C14H18F2N2O.ClH/c1-9-4-2-3-5-10(9)11-6-12(11)13(19)18-8-14(15,16)7-17;/h2-5,11-12H,6-8,17H2,1H3,(H,18,19);1H. The van der Waals surface area contributed by atoms with Gasteiger partial charge in [0.1, 0.15) is 0 Å². The fourth-order valence-corrected chi connectivity index (χ4v) is 2.25. The van der Waals surface area contributed by atoms with E-state index in [-0.39, 0.29) is 30.2 Å². The maximum absolute atomic E-state index is 12.9. The second-order valence-electron chi connectivity index (χ2n) is 5.08. The molecule has 0 saturated heterocycles. The molecule has 3 nitrogen and oxygen atoms in total. The van der Waals surface area contributed by atoms with Crippen molar-refractivity contribution in [2.45, 2.75) is 25.2 Å². The maximum Gasteiger partial charge on any atom is 0.277 e. The lowest BCUT2D eigenvalue weighted by molar-refractivity contribution is -0.124. The Morgan fingerprint density at radius 1 is 1.45 bits per heavy atom. The molecule has 0 radical (unpaired) electrons. The Labute approximate surface area is 123 Å². The van der Waals surface area contributed by atoms with Crippen molar-refractivity contribution in [3.05, 3.63) is 35.4 Å². The first-order valence-corrected chi connectivity index (χ1v) is 6.36. The number of aryl methyl sites for hydroxylation is 1. The van der Waals surface area contributed by atoms with Crippen molar-refractivity contribution in [2.75, 3.05) is 13.1 Å². The largest absolute Gasteiger partial charge is 0.350 e. The second kappa shape index (κ2) is 6.50. The molecule has 1 saturated carbocycles. The summed E-state index contributed by atoms with van der Waals surface area (Å²) >= 11 is 0. The maximum atomic E-state index is 12.9. The summed E-state index contributed by atoms with van der Waals surface area (Å²) in [6.45, 7) is 0.559. The molecule has 0 bridgehead atoms. The van der Waals surface area contributed by atoms with Crippen LogP contribution in [0.3, 0.4) is 0 Å². The van der Waals surface area contributed by atoms with Crippen LogP contribution in [0.1, 0.15) is 23.5 Å². The first-order chi connectivity index (χ1) is 8.94. The molecule has 1 aromatic rings. The highest BCUT2D eigenvalue weighted by Gasteiger charge is 2.45. The number of benzene rings is 1. The minimum absolute atomic E-state index is 0. The second-order valence-corrected chi connectivity index (χ2v) is 5.08. The Hall–Kier alpha value is -1.20. The van der Waals surface area contributed by atoms with E-state index in [1.807, 2.05) is 31.2 Å². The molecule has 0 heterocycles. The van der Waals surface area contributed by atoms with Gasteiger partial charge in [-0.2, -0.15) is 0 Å². The highest BCUT2D eigenvalue weighted by atomic mass is 35.5. The number of nitrogens with one attached hydrogen (secondary N) is 1. The smallest absolute Gasteiger partial charge is 0.277 e. The summed E-state index contributed by atoms with van der Waals surface area (Å²) in [5.41, 5.74) is 7.19. The van der Waals surface area contributed by atoms with Gasteiger partial charge in [-0.25, -0.2) is 8.78 Å². The molecule has 0 aliphatic heterocycles. The number of nitrogens with two attached hydrogens (primary N) is 1. The number of carbonyl (C=O) groups excluding carboxylic acids is 1.